The minimum atomic E-state index is 0.277. The summed E-state index contributed by atoms with van der Waals surface area (Å²) < 4.78 is 0. The Balaban J connectivity index is 2.60. The van der Waals surface area contributed by atoms with Gasteiger partial charge in [-0.1, -0.05) is 12.0 Å². The molecule has 0 aliphatic heterocycles. The summed E-state index contributed by atoms with van der Waals surface area (Å²) in [6.45, 7) is 0. The number of nitrogens with one attached hydrogen (secondary N) is 1. The van der Waals surface area contributed by atoms with Gasteiger partial charge in [0.25, 0.3) is 0 Å². The Bertz CT molecular complexity index is 183. The van der Waals surface area contributed by atoms with Crippen molar-refractivity contribution in [3.05, 3.63) is 12.2 Å². The van der Waals surface area contributed by atoms with E-state index in [-0.39, 0.29) is 5.92 Å². The van der Waals surface area contributed by atoms with E-state index in [1.165, 1.54) is 0 Å². The molecule has 1 rings (SSSR count). The van der Waals surface area contributed by atoms with Gasteiger partial charge in [-0.05, 0) is 18.9 Å². The maximum Gasteiger partial charge on any atom is 0.0387 e. The van der Waals surface area contributed by atoms with Crippen LogP contribution in [-0.4, -0.2) is 5.71 Å². The smallest absolute Gasteiger partial charge is 0.0387 e. The SMILES string of the molecule is C#CC1C=CC(=N)CC1. The summed E-state index contributed by atoms with van der Waals surface area (Å²) >= 11 is 0. The van der Waals surface area contributed by atoms with Gasteiger partial charge in [0.2, 0.25) is 0 Å². The van der Waals surface area contributed by atoms with Gasteiger partial charge in [-0.3, -0.25) is 0 Å². The fourth-order valence-corrected chi connectivity index (χ4v) is 0.862. The van der Waals surface area contributed by atoms with Gasteiger partial charge < -0.3 is 5.41 Å². The molecule has 1 atom stereocenters. The van der Waals surface area contributed by atoms with Gasteiger partial charge in [-0.2, -0.15) is 0 Å². The number of rotatable bonds is 0. The zero-order valence-electron chi connectivity index (χ0n) is 5.22. The lowest BCUT2D eigenvalue weighted by Gasteiger charge is -2.09. The molecule has 0 saturated heterocycles. The first-order valence-corrected chi connectivity index (χ1v) is 3.04. The molecule has 0 radical (unpaired) electrons. The van der Waals surface area contributed by atoms with Crippen LogP contribution < -0.4 is 0 Å². The number of hydrogen-bond donors (Lipinski definition) is 1. The van der Waals surface area contributed by atoms with Gasteiger partial charge in [0.1, 0.15) is 0 Å². The molecule has 9 heavy (non-hydrogen) atoms. The molecule has 1 aliphatic rings. The van der Waals surface area contributed by atoms with E-state index in [4.69, 9.17) is 11.8 Å². The Hall–Kier alpha value is -1.03. The van der Waals surface area contributed by atoms with Crippen LogP contribution in [0, 0.1) is 23.7 Å². The Labute approximate surface area is 55.3 Å². The summed E-state index contributed by atoms with van der Waals surface area (Å²) in [5.41, 5.74) is 0.696. The molecular formula is C8H9N. The molecule has 0 aromatic heterocycles. The van der Waals surface area contributed by atoms with Crippen molar-refractivity contribution in [2.75, 3.05) is 0 Å². The van der Waals surface area contributed by atoms with Crippen molar-refractivity contribution < 1.29 is 0 Å². The summed E-state index contributed by atoms with van der Waals surface area (Å²) in [6, 6.07) is 0. The second-order valence-corrected chi connectivity index (χ2v) is 2.20. The molecule has 0 fully saturated rings. The quantitative estimate of drug-likeness (QED) is 0.468. The maximum atomic E-state index is 7.20. The second-order valence-electron chi connectivity index (χ2n) is 2.20. The summed E-state index contributed by atoms with van der Waals surface area (Å²) in [5.74, 6) is 2.92. The van der Waals surface area contributed by atoms with Gasteiger partial charge in [-0.15, -0.1) is 6.42 Å². The highest BCUT2D eigenvalue weighted by Crippen LogP contribution is 2.12. The van der Waals surface area contributed by atoms with Crippen LogP contribution in [0.15, 0.2) is 12.2 Å². The summed E-state index contributed by atoms with van der Waals surface area (Å²) in [6.07, 6.45) is 10.7. The standard InChI is InChI=1S/C8H9N/c1-2-7-3-5-8(9)6-4-7/h1,3,5,7,9H,4,6H2. The van der Waals surface area contributed by atoms with E-state index in [0.717, 1.165) is 12.8 Å². The van der Waals surface area contributed by atoms with Gasteiger partial charge in [-0.25, -0.2) is 0 Å². The zero-order chi connectivity index (χ0) is 6.69. The van der Waals surface area contributed by atoms with Crippen LogP contribution in [0.5, 0.6) is 0 Å². The first-order chi connectivity index (χ1) is 4.33. The predicted octanol–water partition coefficient (Wildman–Crippen LogP) is 1.61. The first-order valence-electron chi connectivity index (χ1n) is 3.04. The van der Waals surface area contributed by atoms with E-state index >= 15 is 0 Å². The third-order valence-corrected chi connectivity index (χ3v) is 1.47. The third-order valence-electron chi connectivity index (χ3n) is 1.47. The molecule has 0 saturated carbocycles. The first kappa shape index (κ1) is 6.10. The topological polar surface area (TPSA) is 23.9 Å². The lowest BCUT2D eigenvalue weighted by Crippen LogP contribution is -2.04. The summed E-state index contributed by atoms with van der Waals surface area (Å²) in [7, 11) is 0. The molecule has 1 N–H and O–H groups in total. The minimum Gasteiger partial charge on any atom is -0.305 e. The lowest BCUT2D eigenvalue weighted by molar-refractivity contribution is 0.746. The van der Waals surface area contributed by atoms with Crippen molar-refractivity contribution in [2.45, 2.75) is 12.8 Å². The number of allylic oxidation sites excluding steroid dienone is 2. The van der Waals surface area contributed by atoms with Crippen molar-refractivity contribution in [1.82, 2.24) is 0 Å². The molecule has 0 amide bonds. The van der Waals surface area contributed by atoms with E-state index < -0.39 is 0 Å². The van der Waals surface area contributed by atoms with Crippen molar-refractivity contribution in [3.8, 4) is 12.3 Å². The van der Waals surface area contributed by atoms with Crippen LogP contribution in [0.1, 0.15) is 12.8 Å². The fourth-order valence-electron chi connectivity index (χ4n) is 0.862. The maximum absolute atomic E-state index is 7.20. The summed E-state index contributed by atoms with van der Waals surface area (Å²) in [4.78, 5) is 0. The average molecular weight is 119 g/mol. The Morgan fingerprint density at radius 1 is 1.78 bits per heavy atom. The van der Waals surface area contributed by atoms with Crippen molar-refractivity contribution >= 4 is 5.71 Å². The summed E-state index contributed by atoms with van der Waals surface area (Å²) in [5, 5.41) is 7.20. The highest BCUT2D eigenvalue weighted by Gasteiger charge is 2.06. The molecule has 1 unspecified atom stereocenters. The van der Waals surface area contributed by atoms with Crippen molar-refractivity contribution in [1.29, 1.82) is 5.41 Å². The molecule has 1 aliphatic carbocycles. The predicted molar refractivity (Wildman–Crippen MR) is 38.4 cm³/mol. The fraction of sp³-hybridized carbons (Fsp3) is 0.375. The largest absolute Gasteiger partial charge is 0.305 e. The van der Waals surface area contributed by atoms with Crippen molar-refractivity contribution in [2.24, 2.45) is 5.92 Å². The normalized spacial score (nSPS) is 25.7. The molecular weight excluding hydrogens is 110 g/mol. The third kappa shape index (κ3) is 1.43. The molecule has 1 heteroatoms. The van der Waals surface area contributed by atoms with Crippen LogP contribution in [0.2, 0.25) is 0 Å². The van der Waals surface area contributed by atoms with Crippen LogP contribution in [0.3, 0.4) is 0 Å². The highest BCUT2D eigenvalue weighted by atomic mass is 14.4. The van der Waals surface area contributed by atoms with E-state index in [2.05, 4.69) is 5.92 Å². The van der Waals surface area contributed by atoms with Crippen LogP contribution in [-0.2, 0) is 0 Å². The van der Waals surface area contributed by atoms with Gasteiger partial charge >= 0.3 is 0 Å². The van der Waals surface area contributed by atoms with Gasteiger partial charge in [0.05, 0.1) is 0 Å². The Morgan fingerprint density at radius 2 is 2.56 bits per heavy atom. The van der Waals surface area contributed by atoms with Gasteiger partial charge in [0, 0.05) is 11.6 Å². The van der Waals surface area contributed by atoms with Gasteiger partial charge in [0.15, 0.2) is 0 Å². The van der Waals surface area contributed by atoms with Crippen LogP contribution in [0.25, 0.3) is 0 Å². The molecule has 0 bridgehead atoms. The highest BCUT2D eigenvalue weighted by molar-refractivity contribution is 5.93. The molecule has 0 spiro atoms. The lowest BCUT2D eigenvalue weighted by atomic mass is 9.96. The van der Waals surface area contributed by atoms with Crippen LogP contribution >= 0.6 is 0 Å². The van der Waals surface area contributed by atoms with E-state index in [1.807, 2.05) is 6.08 Å². The van der Waals surface area contributed by atoms with Crippen LogP contribution in [0.4, 0.5) is 0 Å². The molecule has 46 valence electrons. The monoisotopic (exact) mass is 119 g/mol. The molecule has 0 aromatic rings. The van der Waals surface area contributed by atoms with E-state index in [9.17, 15) is 0 Å². The number of terminal acetylenes is 1. The Morgan fingerprint density at radius 3 is 3.00 bits per heavy atom. The second kappa shape index (κ2) is 2.50. The zero-order valence-corrected chi connectivity index (χ0v) is 5.22. The van der Waals surface area contributed by atoms with Crippen molar-refractivity contribution in [3.63, 3.8) is 0 Å². The average Bonchev–Trinajstić information content (AvgIpc) is 1.90. The molecule has 1 nitrogen and oxygen atoms in total. The number of hydrogen-bond acceptors (Lipinski definition) is 1. The van der Waals surface area contributed by atoms with E-state index in [0.29, 0.717) is 5.71 Å². The molecule has 0 heterocycles. The minimum absolute atomic E-state index is 0.277. The Kier molecular flexibility index (Phi) is 1.69. The van der Waals surface area contributed by atoms with E-state index in [1.54, 1.807) is 6.08 Å². The molecule has 0 aromatic carbocycles.